The molecule has 0 amide bonds. The number of carbonyl (C=O) groups is 1. The van der Waals surface area contributed by atoms with Gasteiger partial charge in [-0.1, -0.05) is 27.7 Å². The van der Waals surface area contributed by atoms with Crippen molar-refractivity contribution in [2.24, 2.45) is 11.8 Å². The normalized spacial score (nSPS) is 25.4. The first kappa shape index (κ1) is 20.1. The van der Waals surface area contributed by atoms with Gasteiger partial charge >= 0.3 is 5.97 Å². The molecule has 18 heavy (non-hydrogen) atoms. The Morgan fingerprint density at radius 2 is 1.83 bits per heavy atom. The third kappa shape index (κ3) is 6.64. The molecule has 1 N–H and O–H groups in total. The molecule has 0 aliphatic heterocycles. The van der Waals surface area contributed by atoms with Gasteiger partial charge in [0.2, 0.25) is 0 Å². The summed E-state index contributed by atoms with van der Waals surface area (Å²) >= 11 is 1.77. The Bertz CT molecular complexity index is 197. The van der Waals surface area contributed by atoms with Gasteiger partial charge in [-0.3, -0.25) is 4.79 Å². The van der Waals surface area contributed by atoms with Crippen molar-refractivity contribution in [1.82, 2.24) is 0 Å². The zero-order valence-corrected chi connectivity index (χ0v) is 13.5. The number of hydrogen-bond acceptors (Lipinski definition) is 4. The third-order valence-corrected chi connectivity index (χ3v) is 3.86. The molecule has 110 valence electrons. The SMILES string of the molecule is CC.CC.CCOC(=O)C1CC(SC)CC1CO. The molecule has 3 nitrogen and oxygen atoms in total. The summed E-state index contributed by atoms with van der Waals surface area (Å²) in [5.41, 5.74) is 0. The zero-order valence-electron chi connectivity index (χ0n) is 12.7. The smallest absolute Gasteiger partial charge is 0.309 e. The largest absolute Gasteiger partial charge is 0.466 e. The number of carbonyl (C=O) groups excluding carboxylic acids is 1. The third-order valence-electron chi connectivity index (χ3n) is 2.81. The van der Waals surface area contributed by atoms with E-state index in [9.17, 15) is 4.79 Å². The van der Waals surface area contributed by atoms with Crippen molar-refractivity contribution in [1.29, 1.82) is 0 Å². The molecule has 0 aromatic rings. The monoisotopic (exact) mass is 278 g/mol. The summed E-state index contributed by atoms with van der Waals surface area (Å²) in [6.07, 6.45) is 3.83. The molecule has 0 heterocycles. The molecular formula is C14H30O3S. The van der Waals surface area contributed by atoms with Crippen molar-refractivity contribution in [3.05, 3.63) is 0 Å². The highest BCUT2D eigenvalue weighted by molar-refractivity contribution is 7.99. The van der Waals surface area contributed by atoms with E-state index < -0.39 is 0 Å². The maximum absolute atomic E-state index is 11.5. The molecule has 0 aromatic carbocycles. The lowest BCUT2D eigenvalue weighted by molar-refractivity contribution is -0.149. The number of aliphatic hydroxyl groups excluding tert-OH is 1. The first-order valence-electron chi connectivity index (χ1n) is 7.03. The summed E-state index contributed by atoms with van der Waals surface area (Å²) in [7, 11) is 0. The van der Waals surface area contributed by atoms with Gasteiger partial charge in [-0.15, -0.1) is 0 Å². The van der Waals surface area contributed by atoms with Gasteiger partial charge in [0, 0.05) is 11.9 Å². The maximum Gasteiger partial charge on any atom is 0.309 e. The number of thioether (sulfide) groups is 1. The van der Waals surface area contributed by atoms with Crippen LogP contribution < -0.4 is 0 Å². The van der Waals surface area contributed by atoms with Crippen LogP contribution in [0.4, 0.5) is 0 Å². The second-order valence-electron chi connectivity index (χ2n) is 3.63. The molecule has 1 aliphatic rings. The van der Waals surface area contributed by atoms with Gasteiger partial charge in [0.15, 0.2) is 0 Å². The van der Waals surface area contributed by atoms with E-state index in [1.807, 2.05) is 40.9 Å². The van der Waals surface area contributed by atoms with Gasteiger partial charge in [0.05, 0.1) is 12.5 Å². The number of hydrogen-bond donors (Lipinski definition) is 1. The topological polar surface area (TPSA) is 46.5 Å². The maximum atomic E-state index is 11.5. The van der Waals surface area contributed by atoms with Crippen LogP contribution in [0.15, 0.2) is 0 Å². The Morgan fingerprint density at radius 3 is 2.22 bits per heavy atom. The fourth-order valence-electron chi connectivity index (χ4n) is 2.01. The molecule has 0 radical (unpaired) electrons. The molecule has 1 rings (SSSR count). The highest BCUT2D eigenvalue weighted by Gasteiger charge is 2.38. The van der Waals surface area contributed by atoms with Crippen LogP contribution in [0.3, 0.4) is 0 Å². The molecule has 3 unspecified atom stereocenters. The van der Waals surface area contributed by atoms with E-state index in [4.69, 9.17) is 9.84 Å². The fraction of sp³-hybridized carbons (Fsp3) is 0.929. The van der Waals surface area contributed by atoms with Crippen molar-refractivity contribution >= 4 is 17.7 Å². The fourth-order valence-corrected chi connectivity index (χ4v) is 2.85. The molecule has 0 saturated heterocycles. The second kappa shape index (κ2) is 13.2. The quantitative estimate of drug-likeness (QED) is 0.801. The van der Waals surface area contributed by atoms with Gasteiger partial charge in [0.25, 0.3) is 0 Å². The summed E-state index contributed by atoms with van der Waals surface area (Å²) in [6, 6.07) is 0. The van der Waals surface area contributed by atoms with Gasteiger partial charge in [-0.25, -0.2) is 0 Å². The van der Waals surface area contributed by atoms with Crippen LogP contribution in [0.1, 0.15) is 47.5 Å². The van der Waals surface area contributed by atoms with Gasteiger partial charge in [-0.05, 0) is 31.9 Å². The lowest BCUT2D eigenvalue weighted by atomic mass is 9.97. The van der Waals surface area contributed by atoms with E-state index in [0.717, 1.165) is 12.8 Å². The van der Waals surface area contributed by atoms with E-state index in [1.165, 1.54) is 0 Å². The van der Waals surface area contributed by atoms with Crippen molar-refractivity contribution in [2.45, 2.75) is 52.7 Å². The van der Waals surface area contributed by atoms with E-state index in [2.05, 4.69) is 0 Å². The average molecular weight is 278 g/mol. The van der Waals surface area contributed by atoms with Crippen molar-refractivity contribution in [3.63, 3.8) is 0 Å². The minimum absolute atomic E-state index is 0.0857. The minimum Gasteiger partial charge on any atom is -0.466 e. The van der Waals surface area contributed by atoms with Crippen LogP contribution in [-0.4, -0.2) is 35.8 Å². The van der Waals surface area contributed by atoms with Crippen molar-refractivity contribution < 1.29 is 14.6 Å². The van der Waals surface area contributed by atoms with Crippen molar-refractivity contribution in [3.8, 4) is 0 Å². The molecule has 3 atom stereocenters. The Kier molecular flexibility index (Phi) is 14.8. The number of ether oxygens (including phenoxy) is 1. The van der Waals surface area contributed by atoms with Gasteiger partial charge in [0.1, 0.15) is 0 Å². The predicted octanol–water partition coefficient (Wildman–Crippen LogP) is 3.35. The Balaban J connectivity index is 0. The zero-order chi connectivity index (χ0) is 14.6. The summed E-state index contributed by atoms with van der Waals surface area (Å²) in [5.74, 6) is -0.119. The molecule has 1 fully saturated rings. The summed E-state index contributed by atoms with van der Waals surface area (Å²) in [5, 5.41) is 9.65. The highest BCUT2D eigenvalue weighted by Crippen LogP contribution is 2.38. The van der Waals surface area contributed by atoms with Crippen LogP contribution >= 0.6 is 11.8 Å². The predicted molar refractivity (Wildman–Crippen MR) is 79.9 cm³/mol. The first-order valence-corrected chi connectivity index (χ1v) is 8.32. The van der Waals surface area contributed by atoms with Crippen LogP contribution in [-0.2, 0) is 9.53 Å². The van der Waals surface area contributed by atoms with E-state index in [-0.39, 0.29) is 24.4 Å². The minimum atomic E-state index is -0.136. The van der Waals surface area contributed by atoms with E-state index in [1.54, 1.807) is 11.8 Å². The first-order chi connectivity index (χ1) is 8.72. The molecule has 0 spiro atoms. The Labute approximate surface area is 117 Å². The average Bonchev–Trinajstić information content (AvgIpc) is 2.87. The van der Waals surface area contributed by atoms with Crippen LogP contribution in [0.5, 0.6) is 0 Å². The summed E-state index contributed by atoms with van der Waals surface area (Å²) < 4.78 is 4.99. The van der Waals surface area contributed by atoms with E-state index >= 15 is 0 Å². The molecule has 0 aromatic heterocycles. The highest BCUT2D eigenvalue weighted by atomic mass is 32.2. The van der Waals surface area contributed by atoms with Crippen LogP contribution in [0.2, 0.25) is 0 Å². The lowest BCUT2D eigenvalue weighted by Gasteiger charge is -2.14. The van der Waals surface area contributed by atoms with Crippen LogP contribution in [0.25, 0.3) is 0 Å². The number of aliphatic hydroxyl groups is 1. The van der Waals surface area contributed by atoms with Crippen molar-refractivity contribution in [2.75, 3.05) is 19.5 Å². The van der Waals surface area contributed by atoms with E-state index in [0.29, 0.717) is 11.9 Å². The van der Waals surface area contributed by atoms with Crippen LogP contribution in [0, 0.1) is 11.8 Å². The lowest BCUT2D eigenvalue weighted by Crippen LogP contribution is -2.23. The molecule has 0 bridgehead atoms. The Morgan fingerprint density at radius 1 is 1.28 bits per heavy atom. The standard InChI is InChI=1S/C10H18O3S.2C2H6/c1-3-13-10(12)9-5-8(14-2)4-7(9)6-11;2*1-2/h7-9,11H,3-6H2,1-2H3;2*1-2H3. The summed E-state index contributed by atoms with van der Waals surface area (Å²) in [4.78, 5) is 11.5. The van der Waals surface area contributed by atoms with Gasteiger partial charge in [-0.2, -0.15) is 11.8 Å². The van der Waals surface area contributed by atoms with Gasteiger partial charge < -0.3 is 9.84 Å². The second-order valence-corrected chi connectivity index (χ2v) is 4.77. The Hall–Kier alpha value is -0.220. The summed E-state index contributed by atoms with van der Waals surface area (Å²) in [6.45, 7) is 10.3. The molecular weight excluding hydrogens is 248 g/mol. The molecule has 1 saturated carbocycles. The number of esters is 1. The molecule has 4 heteroatoms. The number of rotatable bonds is 4. The molecule has 1 aliphatic carbocycles.